The molecule has 0 saturated carbocycles. The molecule has 0 amide bonds. The quantitative estimate of drug-likeness (QED) is 0.837. The molecule has 0 bridgehead atoms. The van der Waals surface area contributed by atoms with Crippen molar-refractivity contribution in [3.8, 4) is 18.4 Å². The van der Waals surface area contributed by atoms with Crippen LogP contribution in [0, 0.1) is 30.6 Å². The van der Waals surface area contributed by atoms with Crippen LogP contribution < -0.4 is 4.72 Å². The molecule has 1 aromatic carbocycles. The van der Waals surface area contributed by atoms with Gasteiger partial charge in [-0.1, -0.05) is 12.8 Å². The van der Waals surface area contributed by atoms with Crippen molar-refractivity contribution in [2.24, 2.45) is 0 Å². The summed E-state index contributed by atoms with van der Waals surface area (Å²) in [7, 11) is -3.64. The molecule has 0 radical (unpaired) electrons. The van der Waals surface area contributed by atoms with Gasteiger partial charge in [0.05, 0.1) is 22.6 Å². The SMILES string of the molecule is C#CC(CC)NS(=O)(=O)c1ccc(C#N)cc1C. The second-order valence-electron chi connectivity index (χ2n) is 3.84. The van der Waals surface area contributed by atoms with Crippen LogP contribution >= 0.6 is 0 Å². The molecule has 5 heteroatoms. The third kappa shape index (κ3) is 3.10. The number of aryl methyl sites for hydroxylation is 1. The normalized spacial score (nSPS) is 12.4. The van der Waals surface area contributed by atoms with Crippen LogP contribution in [-0.2, 0) is 10.0 Å². The molecule has 0 spiro atoms. The summed E-state index contributed by atoms with van der Waals surface area (Å²) >= 11 is 0. The molecule has 0 saturated heterocycles. The van der Waals surface area contributed by atoms with Gasteiger partial charge in [-0.15, -0.1) is 6.42 Å². The molecule has 0 heterocycles. The number of rotatable bonds is 4. The number of nitriles is 1. The molecular formula is C13H14N2O2S. The van der Waals surface area contributed by atoms with E-state index in [4.69, 9.17) is 11.7 Å². The highest BCUT2D eigenvalue weighted by atomic mass is 32.2. The summed E-state index contributed by atoms with van der Waals surface area (Å²) in [6, 6.07) is 5.86. The van der Waals surface area contributed by atoms with Crippen molar-refractivity contribution in [3.05, 3.63) is 29.3 Å². The summed E-state index contributed by atoms with van der Waals surface area (Å²) in [5, 5.41) is 8.74. The third-order valence-corrected chi connectivity index (χ3v) is 4.13. The molecule has 18 heavy (non-hydrogen) atoms. The van der Waals surface area contributed by atoms with E-state index in [0.717, 1.165) is 0 Å². The number of benzene rings is 1. The minimum atomic E-state index is -3.64. The van der Waals surface area contributed by atoms with Crippen molar-refractivity contribution in [2.45, 2.75) is 31.2 Å². The van der Waals surface area contributed by atoms with Gasteiger partial charge in [0.2, 0.25) is 10.0 Å². The van der Waals surface area contributed by atoms with Gasteiger partial charge in [-0.2, -0.15) is 9.98 Å². The topological polar surface area (TPSA) is 70.0 Å². The first-order valence-electron chi connectivity index (χ1n) is 5.43. The van der Waals surface area contributed by atoms with E-state index in [1.807, 2.05) is 6.07 Å². The predicted octanol–water partition coefficient (Wildman–Crippen LogP) is 1.56. The van der Waals surface area contributed by atoms with Crippen molar-refractivity contribution >= 4 is 10.0 Å². The predicted molar refractivity (Wildman–Crippen MR) is 69.1 cm³/mol. The average Bonchev–Trinajstić information content (AvgIpc) is 2.35. The highest BCUT2D eigenvalue weighted by Gasteiger charge is 2.19. The first-order chi connectivity index (χ1) is 8.44. The Balaban J connectivity index is 3.15. The van der Waals surface area contributed by atoms with Gasteiger partial charge in [0, 0.05) is 0 Å². The number of nitrogens with one attached hydrogen (secondary N) is 1. The Morgan fingerprint density at radius 3 is 2.61 bits per heavy atom. The lowest BCUT2D eigenvalue weighted by Crippen LogP contribution is -2.33. The van der Waals surface area contributed by atoms with E-state index < -0.39 is 16.1 Å². The number of nitrogens with zero attached hydrogens (tertiary/aromatic N) is 1. The summed E-state index contributed by atoms with van der Waals surface area (Å²) in [6.45, 7) is 3.45. The van der Waals surface area contributed by atoms with E-state index in [0.29, 0.717) is 17.5 Å². The average molecular weight is 262 g/mol. The molecule has 0 aliphatic carbocycles. The van der Waals surface area contributed by atoms with E-state index in [1.54, 1.807) is 13.8 Å². The third-order valence-electron chi connectivity index (χ3n) is 2.50. The molecule has 0 aliphatic heterocycles. The molecule has 0 aliphatic rings. The fraction of sp³-hybridized carbons (Fsp3) is 0.308. The fourth-order valence-electron chi connectivity index (χ4n) is 1.51. The minimum Gasteiger partial charge on any atom is -0.207 e. The Hall–Kier alpha value is -1.82. The van der Waals surface area contributed by atoms with E-state index in [-0.39, 0.29) is 4.90 Å². The summed E-state index contributed by atoms with van der Waals surface area (Å²) in [5.74, 6) is 2.38. The van der Waals surface area contributed by atoms with Gasteiger partial charge in [0.15, 0.2) is 0 Å². The Kier molecular flexibility index (Phi) is 4.49. The van der Waals surface area contributed by atoms with Gasteiger partial charge < -0.3 is 0 Å². The van der Waals surface area contributed by atoms with Gasteiger partial charge >= 0.3 is 0 Å². The molecule has 1 rings (SSSR count). The van der Waals surface area contributed by atoms with Gasteiger partial charge in [0.1, 0.15) is 0 Å². The van der Waals surface area contributed by atoms with Gasteiger partial charge in [0.25, 0.3) is 0 Å². The summed E-state index contributed by atoms with van der Waals surface area (Å²) in [5.41, 5.74) is 0.948. The molecule has 4 nitrogen and oxygen atoms in total. The fourth-order valence-corrected chi connectivity index (χ4v) is 2.97. The molecule has 1 unspecified atom stereocenters. The molecule has 1 N–H and O–H groups in total. The maximum absolute atomic E-state index is 12.1. The van der Waals surface area contributed by atoms with Crippen LogP contribution in [0.4, 0.5) is 0 Å². The standard InChI is InChI=1S/C13H14N2O2S/c1-4-12(5-2)15-18(16,17)13-7-6-11(9-14)8-10(13)3/h1,6-8,12,15H,5H2,2-3H3. The monoisotopic (exact) mass is 262 g/mol. The van der Waals surface area contributed by atoms with Crippen LogP contribution in [0.25, 0.3) is 0 Å². The largest absolute Gasteiger partial charge is 0.241 e. The van der Waals surface area contributed by atoms with Gasteiger partial charge in [-0.25, -0.2) is 8.42 Å². The molecular weight excluding hydrogens is 248 g/mol. The van der Waals surface area contributed by atoms with Crippen LogP contribution in [0.15, 0.2) is 23.1 Å². The summed E-state index contributed by atoms with van der Waals surface area (Å²) in [6.07, 6.45) is 5.75. The maximum Gasteiger partial charge on any atom is 0.241 e. The van der Waals surface area contributed by atoms with Crippen LogP contribution in [0.2, 0.25) is 0 Å². The zero-order chi connectivity index (χ0) is 13.8. The molecule has 1 aromatic rings. The molecule has 1 atom stereocenters. The number of terminal acetylenes is 1. The lowest BCUT2D eigenvalue weighted by atomic mass is 10.2. The van der Waals surface area contributed by atoms with E-state index in [1.165, 1.54) is 18.2 Å². The zero-order valence-electron chi connectivity index (χ0n) is 10.3. The van der Waals surface area contributed by atoms with Crippen molar-refractivity contribution < 1.29 is 8.42 Å². The van der Waals surface area contributed by atoms with Crippen LogP contribution in [0.1, 0.15) is 24.5 Å². The van der Waals surface area contributed by atoms with Crippen LogP contribution in [0.3, 0.4) is 0 Å². The van der Waals surface area contributed by atoms with Gasteiger partial charge in [-0.3, -0.25) is 0 Å². The van der Waals surface area contributed by atoms with E-state index in [9.17, 15) is 8.42 Å². The Bertz CT molecular complexity index is 621. The number of hydrogen-bond acceptors (Lipinski definition) is 3. The number of sulfonamides is 1. The second-order valence-corrected chi connectivity index (χ2v) is 5.52. The van der Waals surface area contributed by atoms with Crippen molar-refractivity contribution in [2.75, 3.05) is 0 Å². The van der Waals surface area contributed by atoms with Crippen molar-refractivity contribution in [1.82, 2.24) is 4.72 Å². The van der Waals surface area contributed by atoms with Crippen LogP contribution in [0.5, 0.6) is 0 Å². The lowest BCUT2D eigenvalue weighted by molar-refractivity contribution is 0.570. The smallest absolute Gasteiger partial charge is 0.207 e. The van der Waals surface area contributed by atoms with E-state index in [2.05, 4.69) is 10.6 Å². The second kappa shape index (κ2) is 5.68. The van der Waals surface area contributed by atoms with Gasteiger partial charge in [-0.05, 0) is 37.1 Å². The maximum atomic E-state index is 12.1. The first kappa shape index (κ1) is 14.2. The van der Waals surface area contributed by atoms with Crippen molar-refractivity contribution in [3.63, 3.8) is 0 Å². The summed E-state index contributed by atoms with van der Waals surface area (Å²) in [4.78, 5) is 0.148. The van der Waals surface area contributed by atoms with Crippen LogP contribution in [-0.4, -0.2) is 14.5 Å². The minimum absolute atomic E-state index is 0.148. The highest BCUT2D eigenvalue weighted by Crippen LogP contribution is 2.16. The van der Waals surface area contributed by atoms with Crippen molar-refractivity contribution in [1.29, 1.82) is 5.26 Å². The molecule has 94 valence electrons. The Labute approximate surface area is 108 Å². The lowest BCUT2D eigenvalue weighted by Gasteiger charge is -2.13. The Morgan fingerprint density at radius 2 is 2.17 bits per heavy atom. The van der Waals surface area contributed by atoms with E-state index >= 15 is 0 Å². The number of hydrogen-bond donors (Lipinski definition) is 1. The highest BCUT2D eigenvalue weighted by molar-refractivity contribution is 7.89. The Morgan fingerprint density at radius 1 is 1.50 bits per heavy atom. The summed E-state index contributed by atoms with van der Waals surface area (Å²) < 4.78 is 26.6. The zero-order valence-corrected chi connectivity index (χ0v) is 11.1. The molecule has 0 fully saturated rings. The first-order valence-corrected chi connectivity index (χ1v) is 6.92. The molecule has 0 aromatic heterocycles.